The van der Waals surface area contributed by atoms with Gasteiger partial charge in [0, 0.05) is 6.04 Å². The molecular weight excluding hydrogens is 325 g/mol. The third-order valence-corrected chi connectivity index (χ3v) is 6.00. The highest BCUT2D eigenvalue weighted by atomic mass is 32.2. The summed E-state index contributed by atoms with van der Waals surface area (Å²) in [7, 11) is 0. The summed E-state index contributed by atoms with van der Waals surface area (Å²) < 4.78 is 15.9. The van der Waals surface area contributed by atoms with Crippen molar-refractivity contribution in [1.82, 2.24) is 15.5 Å². The third-order valence-electron chi connectivity index (χ3n) is 2.92. The van der Waals surface area contributed by atoms with Gasteiger partial charge in [-0.3, -0.25) is 0 Å². The molecule has 21 heavy (non-hydrogen) atoms. The second kappa shape index (κ2) is 8.12. The molecule has 0 spiro atoms. The Morgan fingerprint density at radius 3 is 2.76 bits per heavy atom. The molecular formula is C14H18FN3S3. The second-order valence-electron chi connectivity index (χ2n) is 4.47. The monoisotopic (exact) mass is 343 g/mol. The first-order valence-corrected chi connectivity index (χ1v) is 9.58. The lowest BCUT2D eigenvalue weighted by Crippen LogP contribution is -2.20. The maximum atomic E-state index is 14.2. The van der Waals surface area contributed by atoms with Crippen molar-refractivity contribution in [1.29, 1.82) is 0 Å². The van der Waals surface area contributed by atoms with Crippen molar-refractivity contribution in [3.05, 3.63) is 29.6 Å². The summed E-state index contributed by atoms with van der Waals surface area (Å²) in [6.07, 6.45) is 3.01. The van der Waals surface area contributed by atoms with Crippen LogP contribution in [0.25, 0.3) is 0 Å². The standard InChI is InChI=1S/C14H18FN3S3/c1-4-8-16-9(2)10-6-5-7-11(15)12(10)20-14-18-17-13(19-3)21-14/h5-7,9,16H,4,8H2,1-3H3. The summed E-state index contributed by atoms with van der Waals surface area (Å²) in [5, 5.41) is 11.6. The minimum atomic E-state index is -0.205. The van der Waals surface area contributed by atoms with Crippen LogP contribution < -0.4 is 5.32 Å². The lowest BCUT2D eigenvalue weighted by molar-refractivity contribution is 0.543. The van der Waals surface area contributed by atoms with Crippen molar-refractivity contribution in [2.75, 3.05) is 12.8 Å². The Morgan fingerprint density at radius 1 is 1.33 bits per heavy atom. The predicted molar refractivity (Wildman–Crippen MR) is 88.9 cm³/mol. The fourth-order valence-electron chi connectivity index (χ4n) is 1.85. The predicted octanol–water partition coefficient (Wildman–Crippen LogP) is 4.61. The molecule has 1 heterocycles. The Balaban J connectivity index is 2.24. The fraction of sp³-hybridized carbons (Fsp3) is 0.429. The highest BCUT2D eigenvalue weighted by Gasteiger charge is 2.17. The molecule has 2 aromatic rings. The number of benzene rings is 1. The van der Waals surface area contributed by atoms with Gasteiger partial charge in [-0.2, -0.15) is 0 Å². The van der Waals surface area contributed by atoms with E-state index in [4.69, 9.17) is 0 Å². The molecule has 0 aliphatic carbocycles. The zero-order valence-corrected chi connectivity index (χ0v) is 14.7. The van der Waals surface area contributed by atoms with Crippen LogP contribution in [-0.4, -0.2) is 23.0 Å². The topological polar surface area (TPSA) is 37.8 Å². The van der Waals surface area contributed by atoms with Gasteiger partial charge >= 0.3 is 0 Å². The van der Waals surface area contributed by atoms with E-state index < -0.39 is 0 Å². The molecule has 1 aromatic carbocycles. The average molecular weight is 344 g/mol. The van der Waals surface area contributed by atoms with E-state index in [1.54, 1.807) is 17.8 Å². The summed E-state index contributed by atoms with van der Waals surface area (Å²) >= 11 is 4.40. The second-order valence-corrected chi connectivity index (χ2v) is 7.76. The lowest BCUT2D eigenvalue weighted by Gasteiger charge is -2.17. The summed E-state index contributed by atoms with van der Waals surface area (Å²) in [6, 6.07) is 5.33. The van der Waals surface area contributed by atoms with E-state index in [1.165, 1.54) is 29.2 Å². The molecule has 2 rings (SSSR count). The van der Waals surface area contributed by atoms with Crippen LogP contribution in [0.1, 0.15) is 31.9 Å². The van der Waals surface area contributed by atoms with Gasteiger partial charge in [0.25, 0.3) is 0 Å². The van der Waals surface area contributed by atoms with Crippen LogP contribution in [0.2, 0.25) is 0 Å². The summed E-state index contributed by atoms with van der Waals surface area (Å²) in [6.45, 7) is 5.09. The molecule has 0 amide bonds. The first kappa shape index (κ1) is 16.7. The number of nitrogens with one attached hydrogen (secondary N) is 1. The Kier molecular flexibility index (Phi) is 6.47. The van der Waals surface area contributed by atoms with Crippen molar-refractivity contribution in [2.45, 2.75) is 39.9 Å². The van der Waals surface area contributed by atoms with E-state index in [0.29, 0.717) is 4.90 Å². The van der Waals surface area contributed by atoms with Gasteiger partial charge in [0.05, 0.1) is 4.90 Å². The lowest BCUT2D eigenvalue weighted by atomic mass is 10.1. The Bertz CT molecular complexity index is 589. The van der Waals surface area contributed by atoms with E-state index in [2.05, 4.69) is 29.4 Å². The summed E-state index contributed by atoms with van der Waals surface area (Å²) in [4.78, 5) is 0.636. The number of nitrogens with zero attached hydrogens (tertiary/aromatic N) is 2. The summed E-state index contributed by atoms with van der Waals surface area (Å²) in [5.41, 5.74) is 0.967. The molecule has 7 heteroatoms. The zero-order valence-electron chi connectivity index (χ0n) is 12.2. The van der Waals surface area contributed by atoms with E-state index in [-0.39, 0.29) is 11.9 Å². The largest absolute Gasteiger partial charge is 0.310 e. The molecule has 0 bridgehead atoms. The van der Waals surface area contributed by atoms with E-state index >= 15 is 0 Å². The normalized spacial score (nSPS) is 12.6. The Hall–Kier alpha value is -0.630. The average Bonchev–Trinajstić information content (AvgIpc) is 2.94. The van der Waals surface area contributed by atoms with Crippen LogP contribution in [-0.2, 0) is 0 Å². The van der Waals surface area contributed by atoms with Gasteiger partial charge < -0.3 is 5.32 Å². The molecule has 1 atom stereocenters. The maximum Gasteiger partial charge on any atom is 0.179 e. The first-order valence-electron chi connectivity index (χ1n) is 6.72. The minimum absolute atomic E-state index is 0.107. The van der Waals surface area contributed by atoms with Gasteiger partial charge in [0.1, 0.15) is 5.82 Å². The molecule has 114 valence electrons. The number of aromatic nitrogens is 2. The number of rotatable bonds is 7. The molecule has 0 saturated carbocycles. The van der Waals surface area contributed by atoms with Gasteiger partial charge in [0.15, 0.2) is 8.68 Å². The first-order chi connectivity index (χ1) is 10.2. The smallest absolute Gasteiger partial charge is 0.179 e. The van der Waals surface area contributed by atoms with Crippen LogP contribution in [0.15, 0.2) is 31.8 Å². The molecule has 1 N–H and O–H groups in total. The van der Waals surface area contributed by atoms with Crippen molar-refractivity contribution < 1.29 is 4.39 Å². The van der Waals surface area contributed by atoms with Gasteiger partial charge in [-0.05, 0) is 37.8 Å². The number of hydrogen-bond acceptors (Lipinski definition) is 6. The fourth-order valence-corrected chi connectivity index (χ4v) is 4.45. The molecule has 0 fully saturated rings. The van der Waals surface area contributed by atoms with Gasteiger partial charge in [-0.1, -0.05) is 53.9 Å². The highest BCUT2D eigenvalue weighted by molar-refractivity contribution is 8.03. The number of thioether (sulfide) groups is 1. The quantitative estimate of drug-likeness (QED) is 0.743. The van der Waals surface area contributed by atoms with Gasteiger partial charge in [-0.15, -0.1) is 10.2 Å². The SMILES string of the molecule is CCCNC(C)c1cccc(F)c1Sc1nnc(SC)s1. The molecule has 3 nitrogen and oxygen atoms in total. The molecule has 1 aromatic heterocycles. The molecule has 0 aliphatic rings. The van der Waals surface area contributed by atoms with Crippen LogP contribution >= 0.6 is 34.9 Å². The van der Waals surface area contributed by atoms with Crippen LogP contribution in [0.5, 0.6) is 0 Å². The number of hydrogen-bond donors (Lipinski definition) is 1. The van der Waals surface area contributed by atoms with E-state index in [0.717, 1.165) is 27.2 Å². The Morgan fingerprint density at radius 2 is 2.10 bits per heavy atom. The van der Waals surface area contributed by atoms with Gasteiger partial charge in [0.2, 0.25) is 0 Å². The highest BCUT2D eigenvalue weighted by Crippen LogP contribution is 2.37. The minimum Gasteiger partial charge on any atom is -0.310 e. The van der Waals surface area contributed by atoms with Crippen molar-refractivity contribution in [2.24, 2.45) is 0 Å². The zero-order chi connectivity index (χ0) is 15.2. The van der Waals surface area contributed by atoms with E-state index in [1.807, 2.05) is 12.3 Å². The maximum absolute atomic E-state index is 14.2. The molecule has 0 saturated heterocycles. The third kappa shape index (κ3) is 4.42. The molecule has 0 aliphatic heterocycles. The van der Waals surface area contributed by atoms with E-state index in [9.17, 15) is 4.39 Å². The molecule has 0 radical (unpaired) electrons. The van der Waals surface area contributed by atoms with Crippen molar-refractivity contribution in [3.63, 3.8) is 0 Å². The summed E-state index contributed by atoms with van der Waals surface area (Å²) in [5.74, 6) is -0.205. The molecule has 1 unspecified atom stereocenters. The van der Waals surface area contributed by atoms with Crippen molar-refractivity contribution in [3.8, 4) is 0 Å². The Labute approximate surface area is 137 Å². The van der Waals surface area contributed by atoms with Crippen LogP contribution in [0.4, 0.5) is 4.39 Å². The number of halogens is 1. The van der Waals surface area contributed by atoms with Crippen molar-refractivity contribution >= 4 is 34.9 Å². The van der Waals surface area contributed by atoms with Crippen LogP contribution in [0, 0.1) is 5.82 Å². The van der Waals surface area contributed by atoms with Gasteiger partial charge in [-0.25, -0.2) is 4.39 Å². The van der Waals surface area contributed by atoms with Crippen LogP contribution in [0.3, 0.4) is 0 Å².